The van der Waals surface area contributed by atoms with Crippen LogP contribution in [0.15, 0.2) is 24.3 Å². The van der Waals surface area contributed by atoms with Crippen molar-refractivity contribution in [3.8, 4) is 6.07 Å². The van der Waals surface area contributed by atoms with Crippen LogP contribution >= 0.6 is 0 Å². The van der Waals surface area contributed by atoms with Gasteiger partial charge in [0.15, 0.2) is 0 Å². The van der Waals surface area contributed by atoms with E-state index in [9.17, 15) is 4.39 Å². The summed E-state index contributed by atoms with van der Waals surface area (Å²) in [5.41, 5.74) is 0.608. The molecule has 1 N–H and O–H groups in total. The van der Waals surface area contributed by atoms with Gasteiger partial charge in [0.2, 0.25) is 0 Å². The molecule has 1 unspecified atom stereocenters. The second-order valence-corrected chi connectivity index (χ2v) is 4.22. The van der Waals surface area contributed by atoms with Crippen molar-refractivity contribution in [3.05, 3.63) is 30.1 Å². The molecule has 1 aliphatic rings. The summed E-state index contributed by atoms with van der Waals surface area (Å²) in [6.45, 7) is 2.45. The Bertz CT molecular complexity index is 413. The second-order valence-electron chi connectivity index (χ2n) is 4.22. The zero-order chi connectivity index (χ0) is 12.1. The maximum absolute atomic E-state index is 13.8. The van der Waals surface area contributed by atoms with Crippen LogP contribution in [0.1, 0.15) is 12.8 Å². The summed E-state index contributed by atoms with van der Waals surface area (Å²) in [7, 11) is 0. The molecule has 0 spiro atoms. The Morgan fingerprint density at radius 3 is 3.06 bits per heavy atom. The summed E-state index contributed by atoms with van der Waals surface area (Å²) in [6, 6.07) is 9.01. The van der Waals surface area contributed by atoms with Gasteiger partial charge in [0.05, 0.1) is 24.2 Å². The number of hydrogen-bond donors (Lipinski definition) is 1. The third-order valence-corrected chi connectivity index (χ3v) is 3.06. The van der Waals surface area contributed by atoms with Gasteiger partial charge in [-0.05, 0) is 25.1 Å². The predicted octanol–water partition coefficient (Wildman–Crippen LogP) is 1.91. The molecule has 4 heteroatoms. The Labute approximate surface area is 101 Å². The lowest BCUT2D eigenvalue weighted by Crippen LogP contribution is -2.40. The Hall–Kier alpha value is -1.60. The molecular formula is C13H16FN3. The number of rotatable bonds is 2. The van der Waals surface area contributed by atoms with Crippen molar-refractivity contribution < 1.29 is 4.39 Å². The molecule has 2 rings (SSSR count). The Balaban J connectivity index is 2.26. The average molecular weight is 233 g/mol. The van der Waals surface area contributed by atoms with Gasteiger partial charge in [-0.3, -0.25) is 0 Å². The molecule has 1 aromatic rings. The molecule has 1 saturated heterocycles. The average Bonchev–Trinajstić information content (AvgIpc) is 2.56. The number of benzene rings is 1. The molecule has 17 heavy (non-hydrogen) atoms. The Kier molecular flexibility index (Phi) is 3.94. The maximum Gasteiger partial charge on any atom is 0.146 e. The Morgan fingerprint density at radius 1 is 1.47 bits per heavy atom. The number of nitriles is 1. The van der Waals surface area contributed by atoms with E-state index >= 15 is 0 Å². The van der Waals surface area contributed by atoms with E-state index in [1.165, 1.54) is 6.07 Å². The van der Waals surface area contributed by atoms with E-state index in [-0.39, 0.29) is 11.9 Å². The van der Waals surface area contributed by atoms with Gasteiger partial charge >= 0.3 is 0 Å². The van der Waals surface area contributed by atoms with E-state index in [0.717, 1.165) is 26.1 Å². The number of nitrogens with one attached hydrogen (secondary N) is 1. The molecule has 90 valence electrons. The highest BCUT2D eigenvalue weighted by molar-refractivity contribution is 5.49. The van der Waals surface area contributed by atoms with E-state index in [1.54, 1.807) is 12.1 Å². The summed E-state index contributed by atoms with van der Waals surface area (Å²) in [6.07, 6.45) is 1.39. The number of halogens is 1. The minimum atomic E-state index is -0.211. The van der Waals surface area contributed by atoms with Crippen molar-refractivity contribution in [2.24, 2.45) is 0 Å². The van der Waals surface area contributed by atoms with Crippen molar-refractivity contribution in [1.29, 1.82) is 5.26 Å². The lowest BCUT2D eigenvalue weighted by atomic mass is 10.1. The molecule has 0 radical (unpaired) electrons. The Morgan fingerprint density at radius 2 is 2.29 bits per heavy atom. The smallest absolute Gasteiger partial charge is 0.146 e. The van der Waals surface area contributed by atoms with E-state index in [0.29, 0.717) is 12.1 Å². The van der Waals surface area contributed by atoms with Crippen molar-refractivity contribution in [3.63, 3.8) is 0 Å². The van der Waals surface area contributed by atoms with E-state index in [4.69, 9.17) is 5.26 Å². The molecule has 0 aliphatic carbocycles. The van der Waals surface area contributed by atoms with Gasteiger partial charge in [-0.2, -0.15) is 5.26 Å². The SMILES string of the molecule is N#CCC1CNCCCN1c1ccccc1F. The first-order valence-corrected chi connectivity index (χ1v) is 5.92. The molecule has 1 atom stereocenters. The molecule has 0 amide bonds. The lowest BCUT2D eigenvalue weighted by Gasteiger charge is -2.30. The van der Waals surface area contributed by atoms with Crippen LogP contribution in [0.25, 0.3) is 0 Å². The van der Waals surface area contributed by atoms with Crippen LogP contribution in [0.4, 0.5) is 10.1 Å². The van der Waals surface area contributed by atoms with Crippen LogP contribution in [0.3, 0.4) is 0 Å². The van der Waals surface area contributed by atoms with E-state index in [1.807, 2.05) is 11.0 Å². The maximum atomic E-state index is 13.8. The summed E-state index contributed by atoms with van der Waals surface area (Å²) in [4.78, 5) is 2.01. The molecular weight excluding hydrogens is 217 g/mol. The van der Waals surface area contributed by atoms with Gasteiger partial charge in [0.1, 0.15) is 5.82 Å². The van der Waals surface area contributed by atoms with Crippen molar-refractivity contribution in [2.45, 2.75) is 18.9 Å². The van der Waals surface area contributed by atoms with Crippen molar-refractivity contribution in [2.75, 3.05) is 24.5 Å². The fraction of sp³-hybridized carbons (Fsp3) is 0.462. The van der Waals surface area contributed by atoms with E-state index in [2.05, 4.69) is 11.4 Å². The zero-order valence-electron chi connectivity index (χ0n) is 9.69. The summed E-state index contributed by atoms with van der Waals surface area (Å²) in [5, 5.41) is 12.1. The topological polar surface area (TPSA) is 39.1 Å². The number of anilines is 1. The minimum absolute atomic E-state index is 0.0550. The third kappa shape index (κ3) is 2.75. The third-order valence-electron chi connectivity index (χ3n) is 3.06. The van der Waals surface area contributed by atoms with Gasteiger partial charge in [0.25, 0.3) is 0 Å². The van der Waals surface area contributed by atoms with Gasteiger partial charge in [-0.25, -0.2) is 4.39 Å². The lowest BCUT2D eigenvalue weighted by molar-refractivity contribution is 0.571. The largest absolute Gasteiger partial charge is 0.364 e. The second kappa shape index (κ2) is 5.65. The van der Waals surface area contributed by atoms with Crippen LogP contribution < -0.4 is 10.2 Å². The van der Waals surface area contributed by atoms with Crippen LogP contribution in [-0.2, 0) is 0 Å². The molecule has 1 aliphatic heterocycles. The highest BCUT2D eigenvalue weighted by Crippen LogP contribution is 2.23. The summed E-state index contributed by atoms with van der Waals surface area (Å²) in [5.74, 6) is -0.211. The highest BCUT2D eigenvalue weighted by atomic mass is 19.1. The molecule has 0 aromatic heterocycles. The standard InChI is InChI=1S/C13H16FN3/c14-12-4-1-2-5-13(12)17-9-3-8-16-10-11(17)6-7-15/h1-2,4-5,11,16H,3,6,8-10H2. The first-order valence-electron chi connectivity index (χ1n) is 5.92. The minimum Gasteiger partial charge on any atom is -0.364 e. The summed E-state index contributed by atoms with van der Waals surface area (Å²) < 4.78 is 13.8. The van der Waals surface area contributed by atoms with E-state index < -0.39 is 0 Å². The van der Waals surface area contributed by atoms with Gasteiger partial charge in [0, 0.05) is 13.1 Å². The first kappa shape index (κ1) is 11.9. The van der Waals surface area contributed by atoms with Gasteiger partial charge in [-0.1, -0.05) is 12.1 Å². The van der Waals surface area contributed by atoms with Crippen LogP contribution in [-0.4, -0.2) is 25.7 Å². The van der Waals surface area contributed by atoms with Gasteiger partial charge < -0.3 is 10.2 Å². The summed E-state index contributed by atoms with van der Waals surface area (Å²) >= 11 is 0. The predicted molar refractivity (Wildman–Crippen MR) is 65.3 cm³/mol. The van der Waals surface area contributed by atoms with Crippen LogP contribution in [0, 0.1) is 17.1 Å². The molecule has 0 saturated carbocycles. The molecule has 1 fully saturated rings. The molecule has 1 heterocycles. The fourth-order valence-corrected chi connectivity index (χ4v) is 2.23. The molecule has 0 bridgehead atoms. The quantitative estimate of drug-likeness (QED) is 0.848. The fourth-order valence-electron chi connectivity index (χ4n) is 2.23. The molecule has 3 nitrogen and oxygen atoms in total. The van der Waals surface area contributed by atoms with Gasteiger partial charge in [-0.15, -0.1) is 0 Å². The number of nitrogens with zero attached hydrogens (tertiary/aromatic N) is 2. The van der Waals surface area contributed by atoms with Crippen LogP contribution in [0.5, 0.6) is 0 Å². The first-order chi connectivity index (χ1) is 8.33. The van der Waals surface area contributed by atoms with Crippen molar-refractivity contribution >= 4 is 5.69 Å². The van der Waals surface area contributed by atoms with Crippen LogP contribution in [0.2, 0.25) is 0 Å². The zero-order valence-corrected chi connectivity index (χ0v) is 9.69. The monoisotopic (exact) mass is 233 g/mol. The van der Waals surface area contributed by atoms with Crippen molar-refractivity contribution in [1.82, 2.24) is 5.32 Å². The number of hydrogen-bond acceptors (Lipinski definition) is 3. The number of para-hydroxylation sites is 1. The molecule has 1 aromatic carbocycles. The normalized spacial score (nSPS) is 20.7. The highest BCUT2D eigenvalue weighted by Gasteiger charge is 2.22.